The summed E-state index contributed by atoms with van der Waals surface area (Å²) in [6.07, 6.45) is 1.59. The number of H-pyrrole nitrogens is 1. The Labute approximate surface area is 142 Å². The summed E-state index contributed by atoms with van der Waals surface area (Å²) in [5.41, 5.74) is 1.59. The molecule has 1 saturated heterocycles. The van der Waals surface area contributed by atoms with Crippen molar-refractivity contribution in [3.63, 3.8) is 0 Å². The third kappa shape index (κ3) is 3.01. The lowest BCUT2D eigenvalue weighted by Crippen LogP contribution is -2.47. The van der Waals surface area contributed by atoms with Crippen LogP contribution in [0, 0.1) is 12.3 Å². The van der Waals surface area contributed by atoms with Gasteiger partial charge in [-0.05, 0) is 37.7 Å². The molecule has 6 nitrogen and oxygen atoms in total. The summed E-state index contributed by atoms with van der Waals surface area (Å²) in [7, 11) is -3.10. The zero-order valence-corrected chi connectivity index (χ0v) is 15.4. The summed E-state index contributed by atoms with van der Waals surface area (Å²) >= 11 is 0. The Morgan fingerprint density at radius 1 is 1.21 bits per heavy atom. The van der Waals surface area contributed by atoms with E-state index in [2.05, 4.69) is 10.3 Å². The van der Waals surface area contributed by atoms with Crippen molar-refractivity contribution >= 4 is 21.5 Å². The van der Waals surface area contributed by atoms with E-state index in [0.29, 0.717) is 36.1 Å². The van der Waals surface area contributed by atoms with E-state index in [0.717, 1.165) is 5.69 Å². The number of amides is 1. The monoisotopic (exact) mass is 352 g/mol. The number of carbonyl (C=O) groups excluding carboxylic acids is 2. The molecule has 0 unspecified atom stereocenters. The Hall–Kier alpha value is -1.63. The third-order valence-electron chi connectivity index (χ3n) is 5.05. The van der Waals surface area contributed by atoms with E-state index in [4.69, 9.17) is 0 Å². The second-order valence-corrected chi connectivity index (χ2v) is 10.5. The molecule has 2 N–H and O–H groups in total. The number of fused-ring (bicyclic) bond motifs is 1. The van der Waals surface area contributed by atoms with Crippen molar-refractivity contribution in [2.45, 2.75) is 52.5 Å². The summed E-state index contributed by atoms with van der Waals surface area (Å²) in [5, 5.41) is 2.85. The van der Waals surface area contributed by atoms with Crippen molar-refractivity contribution in [3.05, 3.63) is 22.5 Å². The molecule has 0 radical (unpaired) electrons. The fourth-order valence-corrected chi connectivity index (χ4v) is 6.00. The van der Waals surface area contributed by atoms with Crippen LogP contribution in [0.1, 0.15) is 65.7 Å². The number of aromatic nitrogens is 1. The minimum atomic E-state index is -3.10. The molecule has 0 aromatic carbocycles. The van der Waals surface area contributed by atoms with Gasteiger partial charge in [0.05, 0.1) is 17.0 Å². The summed E-state index contributed by atoms with van der Waals surface area (Å²) in [6.45, 7) is 7.60. The average molecular weight is 352 g/mol. The number of carbonyl (C=O) groups is 2. The molecule has 1 aliphatic carbocycles. The maximum Gasteiger partial charge on any atom is 0.268 e. The average Bonchev–Trinajstić information content (AvgIpc) is 2.85. The lowest BCUT2D eigenvalue weighted by molar-refractivity contribution is 0.0902. The molecule has 0 saturated carbocycles. The molecule has 2 aliphatic rings. The van der Waals surface area contributed by atoms with Crippen LogP contribution in [0.15, 0.2) is 0 Å². The number of nitrogens with one attached hydrogen (secondary N) is 2. The topological polar surface area (TPSA) is 96.1 Å². The van der Waals surface area contributed by atoms with Crippen LogP contribution in [0.25, 0.3) is 0 Å². The fraction of sp³-hybridized carbons (Fsp3) is 0.647. The van der Waals surface area contributed by atoms with E-state index in [-0.39, 0.29) is 28.6 Å². The number of aromatic amines is 1. The molecule has 2 heterocycles. The van der Waals surface area contributed by atoms with Crippen LogP contribution in [0.5, 0.6) is 0 Å². The van der Waals surface area contributed by atoms with Gasteiger partial charge in [0.25, 0.3) is 5.91 Å². The van der Waals surface area contributed by atoms with Gasteiger partial charge in [-0.2, -0.15) is 0 Å². The van der Waals surface area contributed by atoms with E-state index in [1.807, 2.05) is 13.8 Å². The second kappa shape index (κ2) is 5.18. The number of hydrogen-bond donors (Lipinski definition) is 2. The Kier molecular flexibility index (Phi) is 3.71. The van der Waals surface area contributed by atoms with Gasteiger partial charge in [-0.3, -0.25) is 9.59 Å². The van der Waals surface area contributed by atoms with E-state index in [1.54, 1.807) is 13.8 Å². The van der Waals surface area contributed by atoms with Crippen molar-refractivity contribution in [2.24, 2.45) is 5.41 Å². The molecular weight excluding hydrogens is 328 g/mol. The molecule has 1 atom stereocenters. The van der Waals surface area contributed by atoms with Crippen LogP contribution in [-0.4, -0.2) is 42.1 Å². The Bertz CT molecular complexity index is 835. The molecule has 3 rings (SSSR count). The maximum atomic E-state index is 12.7. The summed E-state index contributed by atoms with van der Waals surface area (Å²) in [4.78, 5) is 28.2. The van der Waals surface area contributed by atoms with Gasteiger partial charge in [-0.1, -0.05) is 13.8 Å². The first-order valence-electron chi connectivity index (χ1n) is 8.19. The normalized spacial score (nSPS) is 27.8. The quantitative estimate of drug-likeness (QED) is 0.848. The SMILES string of the molecule is Cc1c(C(=O)N[C@]2(C)CCS(=O)(=O)C2)[nH]c2c1C(=O)CC(C)(C)C2. The first-order valence-corrected chi connectivity index (χ1v) is 10.0. The summed E-state index contributed by atoms with van der Waals surface area (Å²) in [5.74, 6) is -0.232. The van der Waals surface area contributed by atoms with Gasteiger partial charge in [0.15, 0.2) is 15.6 Å². The maximum absolute atomic E-state index is 12.7. The summed E-state index contributed by atoms with van der Waals surface area (Å²) < 4.78 is 23.4. The smallest absolute Gasteiger partial charge is 0.268 e. The van der Waals surface area contributed by atoms with E-state index in [1.165, 1.54) is 0 Å². The summed E-state index contributed by atoms with van der Waals surface area (Å²) in [6, 6.07) is 0. The highest BCUT2D eigenvalue weighted by Gasteiger charge is 2.41. The standard InChI is InChI=1S/C17H24N2O4S/c1-10-13-11(7-16(2,3)8-12(13)20)18-14(10)15(21)19-17(4)5-6-24(22,23)9-17/h18H,5-9H2,1-4H3,(H,19,21)/t17-/m1/s1. The van der Waals surface area contributed by atoms with E-state index in [9.17, 15) is 18.0 Å². The van der Waals surface area contributed by atoms with Gasteiger partial charge in [0.1, 0.15) is 5.69 Å². The molecule has 1 aliphatic heterocycles. The van der Waals surface area contributed by atoms with Gasteiger partial charge >= 0.3 is 0 Å². The molecule has 24 heavy (non-hydrogen) atoms. The minimum Gasteiger partial charge on any atom is -0.354 e. The predicted octanol–water partition coefficient (Wildman–Crippen LogP) is 1.79. The van der Waals surface area contributed by atoms with Crippen molar-refractivity contribution in [1.82, 2.24) is 10.3 Å². The lowest BCUT2D eigenvalue weighted by Gasteiger charge is -2.28. The molecule has 1 aromatic rings. The molecule has 1 amide bonds. The molecule has 1 aromatic heterocycles. The Morgan fingerprint density at radius 2 is 1.88 bits per heavy atom. The molecule has 0 spiro atoms. The Balaban J connectivity index is 1.89. The molecule has 132 valence electrons. The predicted molar refractivity (Wildman–Crippen MR) is 91.1 cm³/mol. The fourth-order valence-electron chi connectivity index (χ4n) is 3.91. The van der Waals surface area contributed by atoms with Crippen LogP contribution >= 0.6 is 0 Å². The van der Waals surface area contributed by atoms with Crippen LogP contribution in [0.3, 0.4) is 0 Å². The van der Waals surface area contributed by atoms with E-state index < -0.39 is 15.4 Å². The second-order valence-electron chi connectivity index (χ2n) is 8.28. The molecule has 7 heteroatoms. The zero-order chi connectivity index (χ0) is 17.9. The van der Waals surface area contributed by atoms with Crippen molar-refractivity contribution in [2.75, 3.05) is 11.5 Å². The van der Waals surface area contributed by atoms with Crippen molar-refractivity contribution in [3.8, 4) is 0 Å². The van der Waals surface area contributed by atoms with Gasteiger partial charge in [0.2, 0.25) is 0 Å². The number of sulfone groups is 1. The third-order valence-corrected chi connectivity index (χ3v) is 6.95. The highest BCUT2D eigenvalue weighted by Crippen LogP contribution is 2.36. The van der Waals surface area contributed by atoms with Gasteiger partial charge in [0, 0.05) is 17.7 Å². The molecule has 1 fully saturated rings. The highest BCUT2D eigenvalue weighted by molar-refractivity contribution is 7.91. The first kappa shape index (κ1) is 17.2. The van der Waals surface area contributed by atoms with Gasteiger partial charge in [-0.25, -0.2) is 8.42 Å². The van der Waals surface area contributed by atoms with Crippen LogP contribution in [0.2, 0.25) is 0 Å². The van der Waals surface area contributed by atoms with Crippen molar-refractivity contribution in [1.29, 1.82) is 0 Å². The number of ketones is 1. The van der Waals surface area contributed by atoms with Gasteiger partial charge in [-0.15, -0.1) is 0 Å². The number of hydrogen-bond acceptors (Lipinski definition) is 4. The molecular formula is C17H24N2O4S. The first-order chi connectivity index (χ1) is 10.9. The van der Waals surface area contributed by atoms with Crippen LogP contribution < -0.4 is 5.32 Å². The van der Waals surface area contributed by atoms with Crippen LogP contribution in [-0.2, 0) is 16.3 Å². The lowest BCUT2D eigenvalue weighted by atomic mass is 9.75. The minimum absolute atomic E-state index is 0.0445. The number of rotatable bonds is 2. The number of Topliss-reactive ketones (excluding diaryl/α,β-unsaturated/α-hetero) is 1. The zero-order valence-electron chi connectivity index (χ0n) is 14.6. The van der Waals surface area contributed by atoms with Crippen LogP contribution in [0.4, 0.5) is 0 Å². The van der Waals surface area contributed by atoms with Crippen molar-refractivity contribution < 1.29 is 18.0 Å². The highest BCUT2D eigenvalue weighted by atomic mass is 32.2. The van der Waals surface area contributed by atoms with Gasteiger partial charge < -0.3 is 10.3 Å². The Morgan fingerprint density at radius 3 is 2.46 bits per heavy atom. The largest absolute Gasteiger partial charge is 0.354 e. The van der Waals surface area contributed by atoms with E-state index >= 15 is 0 Å². The molecule has 0 bridgehead atoms.